The Kier molecular flexibility index (Phi) is 2.65. The van der Waals surface area contributed by atoms with E-state index in [-0.39, 0.29) is 0 Å². The van der Waals surface area contributed by atoms with Gasteiger partial charge in [0.1, 0.15) is 0 Å². The highest BCUT2D eigenvalue weighted by molar-refractivity contribution is 5.27. The second-order valence-electron chi connectivity index (χ2n) is 3.81. The van der Waals surface area contributed by atoms with Gasteiger partial charge in [0.25, 0.3) is 0 Å². The number of aryl methyl sites for hydroxylation is 1. The van der Waals surface area contributed by atoms with Crippen LogP contribution in [-0.2, 0) is 6.42 Å². The SMILES string of the molecule is CCCCc1ccc(C2CN2)cc1. The Morgan fingerprint density at radius 3 is 2.54 bits per heavy atom. The summed E-state index contributed by atoms with van der Waals surface area (Å²) in [6, 6.07) is 9.71. The molecule has 1 aromatic carbocycles. The first-order chi connectivity index (χ1) is 6.40. The third-order valence-electron chi connectivity index (χ3n) is 2.61. The summed E-state index contributed by atoms with van der Waals surface area (Å²) < 4.78 is 0. The second-order valence-corrected chi connectivity index (χ2v) is 3.81. The highest BCUT2D eigenvalue weighted by Gasteiger charge is 2.21. The Bertz CT molecular complexity index is 259. The lowest BCUT2D eigenvalue weighted by Crippen LogP contribution is -1.87. The highest BCUT2D eigenvalue weighted by atomic mass is 15.1. The average molecular weight is 175 g/mol. The number of benzene rings is 1. The molecule has 1 aromatic rings. The standard InChI is InChI=1S/C12H17N/c1-2-3-4-10-5-7-11(8-6-10)12-9-13-12/h5-8,12-13H,2-4,9H2,1H3. The number of unbranched alkanes of at least 4 members (excludes halogenated alkanes) is 1. The molecule has 13 heavy (non-hydrogen) atoms. The lowest BCUT2D eigenvalue weighted by Gasteiger charge is -2.01. The molecule has 0 amide bonds. The van der Waals surface area contributed by atoms with Crippen molar-refractivity contribution in [1.82, 2.24) is 5.32 Å². The van der Waals surface area contributed by atoms with E-state index in [9.17, 15) is 0 Å². The van der Waals surface area contributed by atoms with Crippen LogP contribution in [0.15, 0.2) is 24.3 Å². The molecule has 0 radical (unpaired) electrons. The van der Waals surface area contributed by atoms with E-state index in [4.69, 9.17) is 0 Å². The fourth-order valence-corrected chi connectivity index (χ4v) is 1.59. The molecule has 1 fully saturated rings. The van der Waals surface area contributed by atoms with Crippen LogP contribution in [0.5, 0.6) is 0 Å². The fraction of sp³-hybridized carbons (Fsp3) is 0.500. The summed E-state index contributed by atoms with van der Waals surface area (Å²) in [6.45, 7) is 3.40. The molecular formula is C12H17N. The Labute approximate surface area is 80.2 Å². The molecule has 0 spiro atoms. The molecule has 1 N–H and O–H groups in total. The molecule has 0 bridgehead atoms. The van der Waals surface area contributed by atoms with Gasteiger partial charge in [0.15, 0.2) is 0 Å². The van der Waals surface area contributed by atoms with Gasteiger partial charge in [0.05, 0.1) is 0 Å². The van der Waals surface area contributed by atoms with E-state index in [2.05, 4.69) is 36.5 Å². The van der Waals surface area contributed by atoms with Crippen molar-refractivity contribution in [1.29, 1.82) is 0 Å². The van der Waals surface area contributed by atoms with Crippen LogP contribution < -0.4 is 5.32 Å². The quantitative estimate of drug-likeness (QED) is 0.698. The minimum absolute atomic E-state index is 0.653. The largest absolute Gasteiger partial charge is 0.307 e. The monoisotopic (exact) mass is 175 g/mol. The van der Waals surface area contributed by atoms with E-state index >= 15 is 0 Å². The number of hydrogen-bond acceptors (Lipinski definition) is 1. The maximum absolute atomic E-state index is 3.31. The van der Waals surface area contributed by atoms with Gasteiger partial charge in [-0.25, -0.2) is 0 Å². The van der Waals surface area contributed by atoms with Crippen LogP contribution in [0, 0.1) is 0 Å². The zero-order chi connectivity index (χ0) is 9.10. The molecule has 1 nitrogen and oxygen atoms in total. The molecule has 0 saturated carbocycles. The Hall–Kier alpha value is -0.820. The van der Waals surface area contributed by atoms with E-state index < -0.39 is 0 Å². The predicted molar refractivity (Wildman–Crippen MR) is 55.8 cm³/mol. The minimum atomic E-state index is 0.653. The first-order valence-electron chi connectivity index (χ1n) is 5.22. The fourth-order valence-electron chi connectivity index (χ4n) is 1.59. The van der Waals surface area contributed by atoms with Gasteiger partial charge < -0.3 is 5.32 Å². The summed E-state index contributed by atoms with van der Waals surface area (Å²) in [5.41, 5.74) is 2.92. The second kappa shape index (κ2) is 3.93. The van der Waals surface area contributed by atoms with E-state index in [0.717, 1.165) is 6.54 Å². The summed E-state index contributed by atoms with van der Waals surface area (Å²) in [5, 5.41) is 3.31. The minimum Gasteiger partial charge on any atom is -0.307 e. The smallest absolute Gasteiger partial charge is 0.0447 e. The van der Waals surface area contributed by atoms with Crippen molar-refractivity contribution in [2.45, 2.75) is 32.2 Å². The summed E-state index contributed by atoms with van der Waals surface area (Å²) in [5.74, 6) is 0. The van der Waals surface area contributed by atoms with Crippen molar-refractivity contribution in [2.75, 3.05) is 6.54 Å². The number of rotatable bonds is 4. The summed E-state index contributed by atoms with van der Waals surface area (Å²) in [4.78, 5) is 0. The molecule has 1 aliphatic heterocycles. The maximum Gasteiger partial charge on any atom is 0.0447 e. The third-order valence-corrected chi connectivity index (χ3v) is 2.61. The Morgan fingerprint density at radius 1 is 1.31 bits per heavy atom. The van der Waals surface area contributed by atoms with Crippen molar-refractivity contribution in [3.8, 4) is 0 Å². The Balaban J connectivity index is 1.96. The van der Waals surface area contributed by atoms with Crippen LogP contribution in [0.3, 0.4) is 0 Å². The first kappa shape index (κ1) is 8.76. The molecule has 1 unspecified atom stereocenters. The zero-order valence-corrected chi connectivity index (χ0v) is 8.22. The van der Waals surface area contributed by atoms with Gasteiger partial charge in [-0.15, -0.1) is 0 Å². The molecule has 1 saturated heterocycles. The average Bonchev–Trinajstić information content (AvgIpc) is 2.99. The van der Waals surface area contributed by atoms with Gasteiger partial charge >= 0.3 is 0 Å². The van der Waals surface area contributed by atoms with Crippen molar-refractivity contribution in [2.24, 2.45) is 0 Å². The Morgan fingerprint density at radius 2 is 2.00 bits per heavy atom. The summed E-state index contributed by atoms with van der Waals surface area (Å²) >= 11 is 0. The molecule has 1 atom stereocenters. The van der Waals surface area contributed by atoms with Gasteiger partial charge in [0.2, 0.25) is 0 Å². The van der Waals surface area contributed by atoms with Gasteiger partial charge in [-0.05, 0) is 24.0 Å². The number of nitrogens with one attached hydrogen (secondary N) is 1. The van der Waals surface area contributed by atoms with E-state index in [1.807, 2.05) is 0 Å². The molecule has 1 aliphatic rings. The maximum atomic E-state index is 3.31. The molecule has 1 heteroatoms. The van der Waals surface area contributed by atoms with Crippen molar-refractivity contribution < 1.29 is 0 Å². The first-order valence-corrected chi connectivity index (χ1v) is 5.22. The predicted octanol–water partition coefficient (Wildman–Crippen LogP) is 2.67. The van der Waals surface area contributed by atoms with E-state index in [1.54, 1.807) is 0 Å². The summed E-state index contributed by atoms with van der Waals surface area (Å²) in [7, 11) is 0. The van der Waals surface area contributed by atoms with Crippen LogP contribution in [0.1, 0.15) is 36.9 Å². The van der Waals surface area contributed by atoms with Crippen LogP contribution in [0.4, 0.5) is 0 Å². The van der Waals surface area contributed by atoms with E-state index in [1.165, 1.54) is 30.4 Å². The van der Waals surface area contributed by atoms with Crippen molar-refractivity contribution in [3.05, 3.63) is 35.4 Å². The topological polar surface area (TPSA) is 21.9 Å². The molecular weight excluding hydrogens is 158 g/mol. The van der Waals surface area contributed by atoms with Crippen LogP contribution >= 0.6 is 0 Å². The van der Waals surface area contributed by atoms with Crippen LogP contribution in [0.2, 0.25) is 0 Å². The molecule has 2 rings (SSSR count). The third kappa shape index (κ3) is 2.31. The van der Waals surface area contributed by atoms with Crippen molar-refractivity contribution in [3.63, 3.8) is 0 Å². The van der Waals surface area contributed by atoms with Crippen molar-refractivity contribution >= 4 is 0 Å². The van der Waals surface area contributed by atoms with Crippen LogP contribution in [0.25, 0.3) is 0 Å². The summed E-state index contributed by atoms with van der Waals surface area (Å²) in [6.07, 6.45) is 3.82. The molecule has 1 heterocycles. The lowest BCUT2D eigenvalue weighted by molar-refractivity contribution is 0.794. The van der Waals surface area contributed by atoms with Gasteiger partial charge in [0, 0.05) is 12.6 Å². The lowest BCUT2D eigenvalue weighted by atomic mass is 10.1. The normalized spacial score (nSPS) is 20.2. The van der Waals surface area contributed by atoms with Gasteiger partial charge in [-0.2, -0.15) is 0 Å². The molecule has 70 valence electrons. The molecule has 0 aromatic heterocycles. The molecule has 0 aliphatic carbocycles. The highest BCUT2D eigenvalue weighted by Crippen LogP contribution is 2.21. The zero-order valence-electron chi connectivity index (χ0n) is 8.22. The number of hydrogen-bond donors (Lipinski definition) is 1. The van der Waals surface area contributed by atoms with Gasteiger partial charge in [-0.1, -0.05) is 37.6 Å². The van der Waals surface area contributed by atoms with Gasteiger partial charge in [-0.3, -0.25) is 0 Å². The van der Waals surface area contributed by atoms with Crippen LogP contribution in [-0.4, -0.2) is 6.54 Å². The van der Waals surface area contributed by atoms with E-state index in [0.29, 0.717) is 6.04 Å².